The van der Waals surface area contributed by atoms with Crippen molar-refractivity contribution >= 4 is 12.4 Å². The first kappa shape index (κ1) is 11.3. The summed E-state index contributed by atoms with van der Waals surface area (Å²) in [6.07, 6.45) is 7.01. The third kappa shape index (κ3) is 3.64. The van der Waals surface area contributed by atoms with Crippen LogP contribution in [0.3, 0.4) is 0 Å². The zero-order chi connectivity index (χ0) is 8.10. The minimum atomic E-state index is 0. The molecule has 4 heteroatoms. The molecule has 68 valence electrons. The number of nitrogens with zero attached hydrogens (tertiary/aromatic N) is 2. The van der Waals surface area contributed by atoms with Crippen molar-refractivity contribution in [2.24, 2.45) is 5.73 Å². The van der Waals surface area contributed by atoms with E-state index in [1.165, 1.54) is 6.33 Å². The Morgan fingerprint density at radius 3 is 2.50 bits per heavy atom. The van der Waals surface area contributed by atoms with Gasteiger partial charge in [0.1, 0.15) is 6.33 Å². The third-order valence-corrected chi connectivity index (χ3v) is 1.64. The van der Waals surface area contributed by atoms with Gasteiger partial charge in [0.15, 0.2) is 0 Å². The van der Waals surface area contributed by atoms with E-state index in [0.29, 0.717) is 0 Å². The van der Waals surface area contributed by atoms with Crippen molar-refractivity contribution in [1.29, 1.82) is 0 Å². The third-order valence-electron chi connectivity index (χ3n) is 1.64. The minimum Gasteiger partial charge on any atom is -0.327 e. The van der Waals surface area contributed by atoms with Crippen LogP contribution in [0.5, 0.6) is 0 Å². The van der Waals surface area contributed by atoms with Gasteiger partial charge in [0.2, 0.25) is 0 Å². The molecular formula is C8H14ClN3. The van der Waals surface area contributed by atoms with E-state index in [0.717, 1.165) is 18.4 Å². The standard InChI is InChI=1S/C8H13N3.ClH/c1-2-8(9)3-7-4-10-6-11-5-7;/h4-6,8H,2-3,9H2,1H3;1H. The Hall–Kier alpha value is -0.670. The van der Waals surface area contributed by atoms with Crippen molar-refractivity contribution in [3.8, 4) is 0 Å². The summed E-state index contributed by atoms with van der Waals surface area (Å²) in [6, 6.07) is 0.237. The van der Waals surface area contributed by atoms with Crippen LogP contribution in [0.25, 0.3) is 0 Å². The van der Waals surface area contributed by atoms with Crippen LogP contribution >= 0.6 is 12.4 Å². The van der Waals surface area contributed by atoms with Gasteiger partial charge in [-0.25, -0.2) is 9.97 Å². The largest absolute Gasteiger partial charge is 0.327 e. The Morgan fingerprint density at radius 1 is 1.42 bits per heavy atom. The first-order valence-electron chi connectivity index (χ1n) is 3.82. The minimum absolute atomic E-state index is 0. The molecule has 12 heavy (non-hydrogen) atoms. The molecule has 0 amide bonds. The first-order valence-corrected chi connectivity index (χ1v) is 3.82. The fourth-order valence-corrected chi connectivity index (χ4v) is 0.882. The Balaban J connectivity index is 0.00000121. The van der Waals surface area contributed by atoms with E-state index < -0.39 is 0 Å². The predicted octanol–water partition coefficient (Wildman–Crippen LogP) is 1.18. The zero-order valence-corrected chi connectivity index (χ0v) is 7.92. The molecule has 1 rings (SSSR count). The van der Waals surface area contributed by atoms with Gasteiger partial charge in [-0.05, 0) is 18.4 Å². The average Bonchev–Trinajstić information content (AvgIpc) is 2.06. The van der Waals surface area contributed by atoms with E-state index in [4.69, 9.17) is 5.73 Å². The summed E-state index contributed by atoms with van der Waals surface area (Å²) in [5.41, 5.74) is 6.86. The van der Waals surface area contributed by atoms with Gasteiger partial charge in [0, 0.05) is 18.4 Å². The van der Waals surface area contributed by atoms with Gasteiger partial charge < -0.3 is 5.73 Å². The maximum absolute atomic E-state index is 5.75. The lowest BCUT2D eigenvalue weighted by atomic mass is 10.1. The Morgan fingerprint density at radius 2 is 2.00 bits per heavy atom. The summed E-state index contributed by atoms with van der Waals surface area (Å²) in [4.78, 5) is 7.81. The maximum atomic E-state index is 5.75. The van der Waals surface area contributed by atoms with Crippen molar-refractivity contribution in [2.75, 3.05) is 0 Å². The van der Waals surface area contributed by atoms with Gasteiger partial charge in [0.05, 0.1) is 0 Å². The second kappa shape index (κ2) is 5.91. The fraction of sp³-hybridized carbons (Fsp3) is 0.500. The molecule has 1 heterocycles. The highest BCUT2D eigenvalue weighted by Gasteiger charge is 2.00. The van der Waals surface area contributed by atoms with Crippen LogP contribution < -0.4 is 5.73 Å². The average molecular weight is 188 g/mol. The van der Waals surface area contributed by atoms with E-state index in [1.807, 2.05) is 12.4 Å². The first-order chi connectivity index (χ1) is 5.33. The molecule has 1 atom stereocenters. The molecule has 2 N–H and O–H groups in total. The molecule has 0 bridgehead atoms. The Labute approximate surface area is 78.8 Å². The topological polar surface area (TPSA) is 51.8 Å². The second-order valence-corrected chi connectivity index (χ2v) is 2.62. The molecule has 0 aliphatic rings. The molecule has 1 unspecified atom stereocenters. The van der Waals surface area contributed by atoms with E-state index in [9.17, 15) is 0 Å². The second-order valence-electron chi connectivity index (χ2n) is 2.62. The molecule has 0 radical (unpaired) electrons. The highest BCUT2D eigenvalue weighted by atomic mass is 35.5. The molecule has 0 aliphatic carbocycles. The van der Waals surface area contributed by atoms with E-state index in [1.54, 1.807) is 0 Å². The Kier molecular flexibility index (Phi) is 5.58. The van der Waals surface area contributed by atoms with Crippen LogP contribution in [0.4, 0.5) is 0 Å². The quantitative estimate of drug-likeness (QED) is 0.773. The number of aromatic nitrogens is 2. The molecule has 1 aromatic rings. The van der Waals surface area contributed by atoms with E-state index in [2.05, 4.69) is 16.9 Å². The lowest BCUT2D eigenvalue weighted by Crippen LogP contribution is -2.21. The molecule has 0 saturated heterocycles. The zero-order valence-electron chi connectivity index (χ0n) is 7.10. The van der Waals surface area contributed by atoms with E-state index >= 15 is 0 Å². The van der Waals surface area contributed by atoms with Crippen molar-refractivity contribution in [1.82, 2.24) is 9.97 Å². The van der Waals surface area contributed by atoms with Gasteiger partial charge in [0.25, 0.3) is 0 Å². The monoisotopic (exact) mass is 187 g/mol. The van der Waals surface area contributed by atoms with Gasteiger partial charge in [-0.3, -0.25) is 0 Å². The fourth-order valence-electron chi connectivity index (χ4n) is 0.882. The van der Waals surface area contributed by atoms with Gasteiger partial charge in [-0.1, -0.05) is 6.92 Å². The maximum Gasteiger partial charge on any atom is 0.115 e. The summed E-state index contributed by atoms with van der Waals surface area (Å²) in [5, 5.41) is 0. The molecule has 0 spiro atoms. The summed E-state index contributed by atoms with van der Waals surface area (Å²) in [6.45, 7) is 2.08. The van der Waals surface area contributed by atoms with Crippen molar-refractivity contribution in [3.63, 3.8) is 0 Å². The van der Waals surface area contributed by atoms with Crippen LogP contribution in [0.2, 0.25) is 0 Å². The van der Waals surface area contributed by atoms with Crippen LogP contribution in [-0.2, 0) is 6.42 Å². The molecule has 1 aromatic heterocycles. The summed E-state index contributed by atoms with van der Waals surface area (Å²) < 4.78 is 0. The molecule has 0 fully saturated rings. The number of nitrogens with two attached hydrogens (primary N) is 1. The van der Waals surface area contributed by atoms with E-state index in [-0.39, 0.29) is 18.4 Å². The Bertz CT molecular complexity index is 203. The molecule has 0 saturated carbocycles. The molecule has 0 aromatic carbocycles. The molecular weight excluding hydrogens is 174 g/mol. The summed E-state index contributed by atoms with van der Waals surface area (Å²) >= 11 is 0. The smallest absolute Gasteiger partial charge is 0.115 e. The van der Waals surface area contributed by atoms with Crippen LogP contribution in [-0.4, -0.2) is 16.0 Å². The lowest BCUT2D eigenvalue weighted by molar-refractivity contribution is 0.643. The number of hydrogen-bond donors (Lipinski definition) is 1. The number of rotatable bonds is 3. The van der Waals surface area contributed by atoms with Crippen LogP contribution in [0.15, 0.2) is 18.7 Å². The van der Waals surface area contributed by atoms with Crippen molar-refractivity contribution in [3.05, 3.63) is 24.3 Å². The molecule has 3 nitrogen and oxygen atoms in total. The normalized spacial score (nSPS) is 11.8. The van der Waals surface area contributed by atoms with Gasteiger partial charge >= 0.3 is 0 Å². The lowest BCUT2D eigenvalue weighted by Gasteiger charge is -2.06. The SMILES string of the molecule is CCC(N)Cc1cncnc1.Cl. The van der Waals surface area contributed by atoms with Crippen molar-refractivity contribution in [2.45, 2.75) is 25.8 Å². The van der Waals surface area contributed by atoms with Crippen molar-refractivity contribution < 1.29 is 0 Å². The highest BCUT2D eigenvalue weighted by Crippen LogP contribution is 1.99. The van der Waals surface area contributed by atoms with Crippen LogP contribution in [0, 0.1) is 0 Å². The van der Waals surface area contributed by atoms with Gasteiger partial charge in [-0.2, -0.15) is 0 Å². The summed E-state index contributed by atoms with van der Waals surface area (Å²) in [5.74, 6) is 0. The number of hydrogen-bond acceptors (Lipinski definition) is 3. The summed E-state index contributed by atoms with van der Waals surface area (Å²) in [7, 11) is 0. The number of halogens is 1. The van der Waals surface area contributed by atoms with Gasteiger partial charge in [-0.15, -0.1) is 12.4 Å². The highest BCUT2D eigenvalue weighted by molar-refractivity contribution is 5.85. The molecule has 0 aliphatic heterocycles. The predicted molar refractivity (Wildman–Crippen MR) is 51.3 cm³/mol. The van der Waals surface area contributed by atoms with Crippen LogP contribution in [0.1, 0.15) is 18.9 Å².